The Kier molecular flexibility index (Phi) is 3.01. The van der Waals surface area contributed by atoms with Crippen LogP contribution in [0.5, 0.6) is 5.75 Å². The molecule has 120 valence electrons. The molecule has 5 heteroatoms. The SMILES string of the molecule is COc1ccccc1NC(=O)[C@@H]1[C@@H](C(=O)O)[C@@H]2C=C[C@H]1C21CC1. The van der Waals surface area contributed by atoms with Gasteiger partial charge in [0.1, 0.15) is 5.75 Å². The number of carbonyl (C=O) groups excluding carboxylic acids is 1. The Morgan fingerprint density at radius 3 is 2.43 bits per heavy atom. The van der Waals surface area contributed by atoms with E-state index < -0.39 is 17.8 Å². The predicted molar refractivity (Wildman–Crippen MR) is 84.0 cm³/mol. The van der Waals surface area contributed by atoms with Gasteiger partial charge in [-0.05, 0) is 42.2 Å². The van der Waals surface area contributed by atoms with E-state index in [-0.39, 0.29) is 23.2 Å². The molecule has 3 aliphatic rings. The van der Waals surface area contributed by atoms with Crippen molar-refractivity contribution < 1.29 is 19.4 Å². The number of nitrogens with one attached hydrogen (secondary N) is 1. The van der Waals surface area contributed by atoms with E-state index in [4.69, 9.17) is 4.74 Å². The topological polar surface area (TPSA) is 75.6 Å². The molecule has 0 saturated heterocycles. The first kappa shape index (κ1) is 14.3. The standard InChI is InChI=1S/C18H19NO4/c1-23-13-5-3-2-4-12(13)19-16(20)14-10-6-7-11(15(14)17(21)22)18(10)8-9-18/h2-7,10-11,14-15H,8-9H2,1H3,(H,19,20)(H,21,22)/t10-,11+,14+,15+/m1/s1. The largest absolute Gasteiger partial charge is 0.495 e. The predicted octanol–water partition coefficient (Wildman–Crippen LogP) is 2.55. The average Bonchev–Trinajstić information content (AvgIpc) is 3.21. The number of carboxylic acid groups (broad SMARTS) is 1. The van der Waals surface area contributed by atoms with E-state index in [9.17, 15) is 14.7 Å². The van der Waals surface area contributed by atoms with Crippen LogP contribution in [0.25, 0.3) is 0 Å². The number of aliphatic carboxylic acids is 1. The van der Waals surface area contributed by atoms with E-state index >= 15 is 0 Å². The Hall–Kier alpha value is -2.30. The molecule has 1 aromatic rings. The van der Waals surface area contributed by atoms with Gasteiger partial charge in [0.15, 0.2) is 0 Å². The van der Waals surface area contributed by atoms with E-state index in [1.54, 1.807) is 19.2 Å². The molecule has 0 heterocycles. The lowest BCUT2D eigenvalue weighted by Gasteiger charge is -2.24. The summed E-state index contributed by atoms with van der Waals surface area (Å²) in [5, 5.41) is 12.5. The van der Waals surface area contributed by atoms with Gasteiger partial charge in [-0.1, -0.05) is 24.3 Å². The highest BCUT2D eigenvalue weighted by Gasteiger charge is 2.70. The summed E-state index contributed by atoms with van der Waals surface area (Å²) in [6.45, 7) is 0. The van der Waals surface area contributed by atoms with Crippen molar-refractivity contribution in [1.82, 2.24) is 0 Å². The van der Waals surface area contributed by atoms with Crippen LogP contribution >= 0.6 is 0 Å². The van der Waals surface area contributed by atoms with E-state index in [1.165, 1.54) is 0 Å². The number of benzene rings is 1. The van der Waals surface area contributed by atoms with E-state index in [1.807, 2.05) is 18.2 Å². The van der Waals surface area contributed by atoms with Gasteiger partial charge in [-0.3, -0.25) is 9.59 Å². The number of carboxylic acids is 1. The number of rotatable bonds is 4. The number of allylic oxidation sites excluding steroid dienone is 2. The summed E-state index contributed by atoms with van der Waals surface area (Å²) >= 11 is 0. The molecule has 0 aromatic heterocycles. The molecule has 1 amide bonds. The smallest absolute Gasteiger partial charge is 0.307 e. The fourth-order valence-corrected chi connectivity index (χ4v) is 4.65. The Morgan fingerprint density at radius 2 is 1.83 bits per heavy atom. The zero-order chi connectivity index (χ0) is 16.2. The molecule has 5 nitrogen and oxygen atoms in total. The van der Waals surface area contributed by atoms with E-state index in [0.717, 1.165) is 12.8 Å². The molecular formula is C18H19NO4. The fourth-order valence-electron chi connectivity index (χ4n) is 4.65. The van der Waals surface area contributed by atoms with Gasteiger partial charge in [0.25, 0.3) is 0 Å². The summed E-state index contributed by atoms with van der Waals surface area (Å²) in [6.07, 6.45) is 6.13. The molecule has 2 N–H and O–H groups in total. The van der Waals surface area contributed by atoms with Crippen molar-refractivity contribution in [3.05, 3.63) is 36.4 Å². The normalized spacial score (nSPS) is 32.0. The van der Waals surface area contributed by atoms with Crippen LogP contribution in [0, 0.1) is 29.1 Å². The van der Waals surface area contributed by atoms with Gasteiger partial charge in [-0.15, -0.1) is 0 Å². The van der Waals surface area contributed by atoms with Gasteiger partial charge in [-0.25, -0.2) is 0 Å². The van der Waals surface area contributed by atoms with Crippen LogP contribution in [0.2, 0.25) is 0 Å². The maximum Gasteiger partial charge on any atom is 0.307 e. The molecule has 23 heavy (non-hydrogen) atoms. The Morgan fingerprint density at radius 1 is 1.17 bits per heavy atom. The molecule has 0 radical (unpaired) electrons. The molecule has 2 saturated carbocycles. The van der Waals surface area contributed by atoms with Crippen LogP contribution in [0.15, 0.2) is 36.4 Å². The van der Waals surface area contributed by atoms with Crippen LogP contribution in [-0.2, 0) is 9.59 Å². The first-order valence-corrected chi connectivity index (χ1v) is 7.93. The molecule has 1 aromatic carbocycles. The van der Waals surface area contributed by atoms with Crippen molar-refractivity contribution in [2.45, 2.75) is 12.8 Å². The van der Waals surface area contributed by atoms with Crippen LogP contribution in [-0.4, -0.2) is 24.1 Å². The number of para-hydroxylation sites is 2. The van der Waals surface area contributed by atoms with Gasteiger partial charge >= 0.3 is 5.97 Å². The Labute approximate surface area is 134 Å². The number of hydrogen-bond donors (Lipinski definition) is 2. The highest BCUT2D eigenvalue weighted by atomic mass is 16.5. The van der Waals surface area contributed by atoms with Gasteiger partial charge in [0.05, 0.1) is 24.6 Å². The summed E-state index contributed by atoms with van der Waals surface area (Å²) in [6, 6.07) is 7.18. The fraction of sp³-hybridized carbons (Fsp3) is 0.444. The van der Waals surface area contributed by atoms with E-state index in [2.05, 4.69) is 11.4 Å². The minimum absolute atomic E-state index is 0.00146. The summed E-state index contributed by atoms with van der Waals surface area (Å²) in [5.74, 6) is -1.59. The van der Waals surface area contributed by atoms with Gasteiger partial charge in [0, 0.05) is 0 Å². The molecule has 0 aliphatic heterocycles. The summed E-state index contributed by atoms with van der Waals surface area (Å²) in [4.78, 5) is 24.6. The van der Waals surface area contributed by atoms with Crippen LogP contribution in [0.1, 0.15) is 12.8 Å². The monoisotopic (exact) mass is 313 g/mol. The number of amides is 1. The van der Waals surface area contributed by atoms with Crippen molar-refractivity contribution in [2.75, 3.05) is 12.4 Å². The first-order valence-electron chi connectivity index (χ1n) is 7.93. The molecule has 4 atom stereocenters. The molecular weight excluding hydrogens is 294 g/mol. The molecule has 2 fully saturated rings. The lowest BCUT2D eigenvalue weighted by molar-refractivity contribution is -0.146. The van der Waals surface area contributed by atoms with Gasteiger partial charge in [-0.2, -0.15) is 0 Å². The summed E-state index contributed by atoms with van der Waals surface area (Å²) < 4.78 is 5.25. The average molecular weight is 313 g/mol. The quantitative estimate of drug-likeness (QED) is 0.838. The Balaban J connectivity index is 1.63. The van der Waals surface area contributed by atoms with Crippen LogP contribution < -0.4 is 10.1 Å². The highest BCUT2D eigenvalue weighted by molar-refractivity contribution is 5.97. The lowest BCUT2D eigenvalue weighted by atomic mass is 9.82. The van der Waals surface area contributed by atoms with Gasteiger partial charge < -0.3 is 15.2 Å². The zero-order valence-corrected chi connectivity index (χ0v) is 12.9. The van der Waals surface area contributed by atoms with E-state index in [0.29, 0.717) is 11.4 Å². The van der Waals surface area contributed by atoms with Crippen LogP contribution in [0.3, 0.4) is 0 Å². The first-order chi connectivity index (χ1) is 11.1. The summed E-state index contributed by atoms with van der Waals surface area (Å²) in [5.41, 5.74) is 0.618. The van der Waals surface area contributed by atoms with Crippen molar-refractivity contribution in [3.8, 4) is 5.75 Å². The maximum atomic E-state index is 12.8. The number of carbonyl (C=O) groups is 2. The van der Waals surface area contributed by atoms with Crippen molar-refractivity contribution >= 4 is 17.6 Å². The number of ether oxygens (including phenoxy) is 1. The molecule has 0 unspecified atom stereocenters. The molecule has 2 bridgehead atoms. The van der Waals surface area contributed by atoms with Crippen molar-refractivity contribution in [3.63, 3.8) is 0 Å². The second-order valence-corrected chi connectivity index (χ2v) is 6.75. The third-order valence-electron chi connectivity index (χ3n) is 5.79. The maximum absolute atomic E-state index is 12.8. The third kappa shape index (κ3) is 1.92. The van der Waals surface area contributed by atoms with Crippen molar-refractivity contribution in [1.29, 1.82) is 0 Å². The summed E-state index contributed by atoms with van der Waals surface area (Å²) in [7, 11) is 1.55. The number of anilines is 1. The highest BCUT2D eigenvalue weighted by Crippen LogP contribution is 2.72. The zero-order valence-electron chi connectivity index (χ0n) is 12.9. The second-order valence-electron chi connectivity index (χ2n) is 6.75. The molecule has 4 rings (SSSR count). The van der Waals surface area contributed by atoms with Gasteiger partial charge in [0.2, 0.25) is 5.91 Å². The molecule has 3 aliphatic carbocycles. The Bertz CT molecular complexity index is 707. The molecule has 1 spiro atoms. The third-order valence-corrected chi connectivity index (χ3v) is 5.79. The number of hydrogen-bond acceptors (Lipinski definition) is 3. The second kappa shape index (κ2) is 4.85. The minimum atomic E-state index is -0.867. The minimum Gasteiger partial charge on any atom is -0.495 e. The lowest BCUT2D eigenvalue weighted by Crippen LogP contribution is -2.36. The van der Waals surface area contributed by atoms with Crippen LogP contribution in [0.4, 0.5) is 5.69 Å². The number of methoxy groups -OCH3 is 1. The van der Waals surface area contributed by atoms with Crippen molar-refractivity contribution in [2.24, 2.45) is 29.1 Å².